The summed E-state index contributed by atoms with van der Waals surface area (Å²) in [4.78, 5) is 26.1. The summed E-state index contributed by atoms with van der Waals surface area (Å²) in [6, 6.07) is 7.07. The number of carbonyl (C=O) groups is 2. The van der Waals surface area contributed by atoms with Gasteiger partial charge in [-0.2, -0.15) is 0 Å². The number of aromatic amines is 1. The maximum atomic E-state index is 12.1. The first-order valence-corrected chi connectivity index (χ1v) is 5.54. The minimum absolute atomic E-state index is 0.396. The predicted octanol–water partition coefficient (Wildman–Crippen LogP) is 1.76. The van der Waals surface area contributed by atoms with E-state index in [0.29, 0.717) is 5.56 Å². The van der Waals surface area contributed by atoms with E-state index < -0.39 is 17.4 Å². The molecule has 2 aromatic rings. The van der Waals surface area contributed by atoms with Gasteiger partial charge >= 0.3 is 5.97 Å². The molecule has 0 saturated carbocycles. The van der Waals surface area contributed by atoms with Crippen LogP contribution in [0.5, 0.6) is 0 Å². The minimum atomic E-state index is -1.30. The van der Waals surface area contributed by atoms with Crippen LogP contribution in [0.25, 0.3) is 10.9 Å². The molecule has 0 atom stereocenters. The second kappa shape index (κ2) is 4.18. The van der Waals surface area contributed by atoms with Gasteiger partial charge in [0.25, 0.3) is 5.91 Å². The average Bonchev–Trinajstić information content (AvgIpc) is 2.75. The third-order valence-electron chi connectivity index (χ3n) is 2.80. The molecule has 0 radical (unpaired) electrons. The summed E-state index contributed by atoms with van der Waals surface area (Å²) >= 11 is 0. The van der Waals surface area contributed by atoms with E-state index in [0.717, 1.165) is 10.9 Å². The normalized spacial score (nSPS) is 11.4. The molecule has 2 rings (SSSR count). The number of aliphatic carboxylic acids is 1. The number of hydrogen-bond acceptors (Lipinski definition) is 2. The molecule has 0 bridgehead atoms. The first kappa shape index (κ1) is 12.2. The third kappa shape index (κ3) is 2.07. The number of hydrogen-bond donors (Lipinski definition) is 3. The quantitative estimate of drug-likeness (QED) is 0.771. The summed E-state index contributed by atoms with van der Waals surface area (Å²) in [6.45, 7) is 2.90. The van der Waals surface area contributed by atoms with Crippen LogP contribution in [0.4, 0.5) is 0 Å². The Bertz CT molecular complexity index is 613. The summed E-state index contributed by atoms with van der Waals surface area (Å²) < 4.78 is 0. The molecule has 5 heteroatoms. The lowest BCUT2D eigenvalue weighted by atomic mass is 10.0. The van der Waals surface area contributed by atoms with Gasteiger partial charge in [-0.15, -0.1) is 0 Å². The fourth-order valence-electron chi connectivity index (χ4n) is 1.69. The van der Waals surface area contributed by atoms with Crippen molar-refractivity contribution in [1.82, 2.24) is 10.3 Å². The smallest absolute Gasteiger partial charge is 0.328 e. The molecule has 1 heterocycles. The second-order valence-electron chi connectivity index (χ2n) is 4.63. The molecule has 1 amide bonds. The van der Waals surface area contributed by atoms with Crippen LogP contribution in [0.3, 0.4) is 0 Å². The van der Waals surface area contributed by atoms with E-state index in [4.69, 9.17) is 5.11 Å². The van der Waals surface area contributed by atoms with Crippen LogP contribution in [0.2, 0.25) is 0 Å². The van der Waals surface area contributed by atoms with Crippen LogP contribution in [-0.2, 0) is 4.79 Å². The minimum Gasteiger partial charge on any atom is -0.480 e. The molecule has 1 aromatic carbocycles. The highest BCUT2D eigenvalue weighted by Crippen LogP contribution is 2.18. The van der Waals surface area contributed by atoms with Crippen LogP contribution < -0.4 is 5.32 Å². The number of carboxylic acids is 1. The van der Waals surface area contributed by atoms with Crippen molar-refractivity contribution in [2.24, 2.45) is 0 Å². The first-order valence-electron chi connectivity index (χ1n) is 5.54. The van der Waals surface area contributed by atoms with Gasteiger partial charge in [-0.1, -0.05) is 6.07 Å². The molecule has 18 heavy (non-hydrogen) atoms. The maximum absolute atomic E-state index is 12.1. The number of carbonyl (C=O) groups excluding carboxylic acids is 1. The molecular formula is C13H14N2O3. The van der Waals surface area contributed by atoms with Crippen LogP contribution in [0.1, 0.15) is 24.2 Å². The average molecular weight is 246 g/mol. The Morgan fingerprint density at radius 2 is 2.00 bits per heavy atom. The van der Waals surface area contributed by atoms with Gasteiger partial charge in [0.2, 0.25) is 0 Å². The molecule has 0 aliphatic rings. The van der Waals surface area contributed by atoms with E-state index in [1.807, 2.05) is 6.07 Å². The lowest BCUT2D eigenvalue weighted by Gasteiger charge is -2.21. The van der Waals surface area contributed by atoms with Gasteiger partial charge in [0.05, 0.1) is 0 Å². The van der Waals surface area contributed by atoms with Gasteiger partial charge in [0, 0.05) is 22.7 Å². The number of H-pyrrole nitrogens is 1. The molecule has 5 nitrogen and oxygen atoms in total. The van der Waals surface area contributed by atoms with Crippen molar-refractivity contribution < 1.29 is 14.7 Å². The summed E-state index contributed by atoms with van der Waals surface area (Å²) in [6.07, 6.45) is 1.74. The fourth-order valence-corrected chi connectivity index (χ4v) is 1.69. The highest BCUT2D eigenvalue weighted by Gasteiger charge is 2.29. The van der Waals surface area contributed by atoms with Crippen molar-refractivity contribution >= 4 is 22.8 Å². The largest absolute Gasteiger partial charge is 0.480 e. The zero-order chi connectivity index (χ0) is 13.3. The fraction of sp³-hybridized carbons (Fsp3) is 0.231. The lowest BCUT2D eigenvalue weighted by molar-refractivity contribution is -0.143. The van der Waals surface area contributed by atoms with E-state index in [1.54, 1.807) is 24.4 Å². The highest BCUT2D eigenvalue weighted by atomic mass is 16.4. The van der Waals surface area contributed by atoms with Crippen molar-refractivity contribution in [3.05, 3.63) is 36.0 Å². The third-order valence-corrected chi connectivity index (χ3v) is 2.80. The summed E-state index contributed by atoms with van der Waals surface area (Å²) in [7, 11) is 0. The molecule has 94 valence electrons. The Balaban J connectivity index is 2.35. The molecule has 0 spiro atoms. The Labute approximate surface area is 104 Å². The van der Waals surface area contributed by atoms with Crippen molar-refractivity contribution in [3.63, 3.8) is 0 Å². The van der Waals surface area contributed by atoms with Gasteiger partial charge in [0.1, 0.15) is 5.54 Å². The number of aromatic nitrogens is 1. The van der Waals surface area contributed by atoms with Gasteiger partial charge in [0.15, 0.2) is 0 Å². The van der Waals surface area contributed by atoms with Crippen molar-refractivity contribution in [1.29, 1.82) is 0 Å². The van der Waals surface area contributed by atoms with Crippen molar-refractivity contribution in [2.45, 2.75) is 19.4 Å². The zero-order valence-electron chi connectivity index (χ0n) is 10.2. The maximum Gasteiger partial charge on any atom is 0.328 e. The number of amides is 1. The highest BCUT2D eigenvalue weighted by molar-refractivity contribution is 6.07. The monoisotopic (exact) mass is 246 g/mol. The standard InChI is InChI=1S/C13H14N2O3/c1-13(2,12(17)18)15-11(16)9-4-3-5-10-8(9)6-7-14-10/h3-7,14H,1-2H3,(H,15,16)(H,17,18). The Morgan fingerprint density at radius 1 is 1.28 bits per heavy atom. The van der Waals surface area contributed by atoms with E-state index in [2.05, 4.69) is 10.3 Å². The van der Waals surface area contributed by atoms with Crippen LogP contribution in [0, 0.1) is 0 Å². The van der Waals surface area contributed by atoms with Gasteiger partial charge in [-0.3, -0.25) is 4.79 Å². The number of fused-ring (bicyclic) bond motifs is 1. The molecule has 0 unspecified atom stereocenters. The Hall–Kier alpha value is -2.30. The summed E-state index contributed by atoms with van der Waals surface area (Å²) in [5.74, 6) is -1.47. The molecule has 0 aliphatic carbocycles. The number of carboxylic acid groups (broad SMARTS) is 1. The SMILES string of the molecule is CC(C)(NC(=O)c1cccc2[nH]ccc12)C(=O)O. The predicted molar refractivity (Wildman–Crippen MR) is 67.5 cm³/mol. The van der Waals surface area contributed by atoms with Gasteiger partial charge < -0.3 is 15.4 Å². The van der Waals surface area contributed by atoms with E-state index in [9.17, 15) is 9.59 Å². The molecule has 0 fully saturated rings. The van der Waals surface area contributed by atoms with Crippen molar-refractivity contribution in [2.75, 3.05) is 0 Å². The van der Waals surface area contributed by atoms with E-state index >= 15 is 0 Å². The van der Waals surface area contributed by atoms with Crippen LogP contribution >= 0.6 is 0 Å². The second-order valence-corrected chi connectivity index (χ2v) is 4.63. The van der Waals surface area contributed by atoms with Gasteiger partial charge in [-0.25, -0.2) is 4.79 Å². The Morgan fingerprint density at radius 3 is 2.67 bits per heavy atom. The number of rotatable bonds is 3. The van der Waals surface area contributed by atoms with Crippen molar-refractivity contribution in [3.8, 4) is 0 Å². The molecular weight excluding hydrogens is 232 g/mol. The topological polar surface area (TPSA) is 82.2 Å². The number of benzene rings is 1. The first-order chi connectivity index (χ1) is 8.42. The zero-order valence-corrected chi connectivity index (χ0v) is 10.2. The molecule has 1 aromatic heterocycles. The van der Waals surface area contributed by atoms with E-state index in [1.165, 1.54) is 13.8 Å². The van der Waals surface area contributed by atoms with E-state index in [-0.39, 0.29) is 0 Å². The Kier molecular flexibility index (Phi) is 2.82. The summed E-state index contributed by atoms with van der Waals surface area (Å²) in [5, 5.41) is 12.3. The molecule has 3 N–H and O–H groups in total. The molecule has 0 saturated heterocycles. The molecule has 0 aliphatic heterocycles. The summed E-state index contributed by atoms with van der Waals surface area (Å²) in [5.41, 5.74) is 0.00842. The van der Waals surface area contributed by atoms with Crippen LogP contribution in [0.15, 0.2) is 30.5 Å². The lowest BCUT2D eigenvalue weighted by Crippen LogP contribution is -2.49. The van der Waals surface area contributed by atoms with Gasteiger partial charge in [-0.05, 0) is 32.0 Å². The number of nitrogens with one attached hydrogen (secondary N) is 2. The van der Waals surface area contributed by atoms with Crippen LogP contribution in [-0.4, -0.2) is 27.5 Å².